The maximum absolute atomic E-state index is 5.47. The summed E-state index contributed by atoms with van der Waals surface area (Å²) in [5.74, 6) is 1.00. The fourth-order valence-corrected chi connectivity index (χ4v) is 3.07. The second-order valence-electron chi connectivity index (χ2n) is 5.84. The average molecular weight is 281 g/mol. The fourth-order valence-electron chi connectivity index (χ4n) is 3.07. The van der Waals surface area contributed by atoms with Gasteiger partial charge in [0.2, 0.25) is 0 Å². The van der Waals surface area contributed by atoms with Crippen molar-refractivity contribution in [1.29, 1.82) is 0 Å². The summed E-state index contributed by atoms with van der Waals surface area (Å²) in [5, 5.41) is 3.47. The summed E-state index contributed by atoms with van der Waals surface area (Å²) < 4.78 is 5.47. The number of anilines is 1. The molecule has 2 aromatic rings. The normalized spacial score (nSPS) is 13.4. The fraction of sp³-hybridized carbons (Fsp3) is 0.368. The van der Waals surface area contributed by atoms with Gasteiger partial charge in [-0.25, -0.2) is 0 Å². The van der Waals surface area contributed by atoms with E-state index in [-0.39, 0.29) is 0 Å². The third-order valence-corrected chi connectivity index (χ3v) is 4.23. The van der Waals surface area contributed by atoms with Crippen LogP contribution >= 0.6 is 0 Å². The SMILES string of the molecule is COc1ccc(C)cc1CCc1ccc2c(c1)CCCN2. The van der Waals surface area contributed by atoms with Crippen molar-refractivity contribution in [1.82, 2.24) is 0 Å². The van der Waals surface area contributed by atoms with E-state index < -0.39 is 0 Å². The zero-order valence-corrected chi connectivity index (χ0v) is 12.9. The van der Waals surface area contributed by atoms with E-state index in [9.17, 15) is 0 Å². The molecule has 0 saturated carbocycles. The Morgan fingerprint density at radius 3 is 2.86 bits per heavy atom. The lowest BCUT2D eigenvalue weighted by atomic mass is 9.97. The van der Waals surface area contributed by atoms with Gasteiger partial charge in [-0.1, -0.05) is 29.8 Å². The second kappa shape index (κ2) is 6.21. The van der Waals surface area contributed by atoms with E-state index in [1.54, 1.807) is 7.11 Å². The minimum Gasteiger partial charge on any atom is -0.496 e. The largest absolute Gasteiger partial charge is 0.496 e. The van der Waals surface area contributed by atoms with Crippen molar-refractivity contribution in [3.63, 3.8) is 0 Å². The zero-order valence-electron chi connectivity index (χ0n) is 12.9. The molecule has 3 rings (SSSR count). The van der Waals surface area contributed by atoms with Gasteiger partial charge in [0.1, 0.15) is 5.75 Å². The monoisotopic (exact) mass is 281 g/mol. The van der Waals surface area contributed by atoms with E-state index in [1.165, 1.54) is 40.8 Å². The van der Waals surface area contributed by atoms with Gasteiger partial charge in [-0.2, -0.15) is 0 Å². The van der Waals surface area contributed by atoms with Crippen molar-refractivity contribution in [3.05, 3.63) is 58.7 Å². The summed E-state index contributed by atoms with van der Waals surface area (Å²) in [7, 11) is 1.75. The van der Waals surface area contributed by atoms with Gasteiger partial charge < -0.3 is 10.1 Å². The first-order valence-electron chi connectivity index (χ1n) is 7.75. The highest BCUT2D eigenvalue weighted by Crippen LogP contribution is 2.25. The molecule has 2 heteroatoms. The molecule has 0 unspecified atom stereocenters. The molecule has 21 heavy (non-hydrogen) atoms. The van der Waals surface area contributed by atoms with Crippen LogP contribution in [0.15, 0.2) is 36.4 Å². The highest BCUT2D eigenvalue weighted by Gasteiger charge is 2.09. The van der Waals surface area contributed by atoms with Crippen molar-refractivity contribution in [2.75, 3.05) is 19.0 Å². The molecule has 2 nitrogen and oxygen atoms in total. The average Bonchev–Trinajstić information content (AvgIpc) is 2.53. The molecule has 0 atom stereocenters. The number of nitrogens with one attached hydrogen (secondary N) is 1. The van der Waals surface area contributed by atoms with E-state index in [2.05, 4.69) is 48.6 Å². The Morgan fingerprint density at radius 2 is 2.00 bits per heavy atom. The Bertz CT molecular complexity index is 633. The maximum atomic E-state index is 5.47. The van der Waals surface area contributed by atoms with E-state index >= 15 is 0 Å². The first-order valence-corrected chi connectivity index (χ1v) is 7.75. The van der Waals surface area contributed by atoms with Crippen molar-refractivity contribution >= 4 is 5.69 Å². The molecule has 0 fully saturated rings. The van der Waals surface area contributed by atoms with Gasteiger partial charge in [0, 0.05) is 12.2 Å². The number of benzene rings is 2. The number of rotatable bonds is 4. The summed E-state index contributed by atoms with van der Waals surface area (Å²) in [4.78, 5) is 0. The zero-order chi connectivity index (χ0) is 14.7. The molecule has 2 aromatic carbocycles. The van der Waals surface area contributed by atoms with Gasteiger partial charge in [0.15, 0.2) is 0 Å². The Labute approximate surface area is 127 Å². The van der Waals surface area contributed by atoms with E-state index in [0.717, 1.165) is 25.1 Å². The molecule has 0 radical (unpaired) electrons. The van der Waals surface area contributed by atoms with Gasteiger partial charge in [-0.05, 0) is 61.4 Å². The van der Waals surface area contributed by atoms with E-state index in [4.69, 9.17) is 4.74 Å². The number of methoxy groups -OCH3 is 1. The molecule has 1 N–H and O–H groups in total. The van der Waals surface area contributed by atoms with Crippen LogP contribution in [0.5, 0.6) is 5.75 Å². The number of fused-ring (bicyclic) bond motifs is 1. The number of hydrogen-bond acceptors (Lipinski definition) is 2. The molecular weight excluding hydrogens is 258 g/mol. The highest BCUT2D eigenvalue weighted by molar-refractivity contribution is 5.54. The van der Waals surface area contributed by atoms with Crippen LogP contribution in [-0.4, -0.2) is 13.7 Å². The lowest BCUT2D eigenvalue weighted by Crippen LogP contribution is -2.11. The topological polar surface area (TPSA) is 21.3 Å². The molecule has 0 spiro atoms. The molecule has 0 amide bonds. The first-order chi connectivity index (χ1) is 10.3. The van der Waals surface area contributed by atoms with Crippen molar-refractivity contribution in [3.8, 4) is 5.75 Å². The van der Waals surface area contributed by atoms with E-state index in [0.29, 0.717) is 0 Å². The van der Waals surface area contributed by atoms with Crippen LogP contribution in [0.1, 0.15) is 28.7 Å². The lowest BCUT2D eigenvalue weighted by Gasteiger charge is -2.18. The summed E-state index contributed by atoms with van der Waals surface area (Å²) in [6.45, 7) is 3.24. The molecule has 1 aliphatic rings. The predicted octanol–water partition coefficient (Wildman–Crippen LogP) is 4.15. The Balaban J connectivity index is 1.74. The van der Waals surface area contributed by atoms with Crippen LogP contribution in [-0.2, 0) is 19.3 Å². The first kappa shape index (κ1) is 14.0. The Morgan fingerprint density at radius 1 is 1.10 bits per heavy atom. The van der Waals surface area contributed by atoms with Crippen molar-refractivity contribution in [2.45, 2.75) is 32.6 Å². The standard InChI is InChI=1S/C19H23NO/c1-14-5-10-19(21-2)17(12-14)8-6-15-7-9-18-16(13-15)4-3-11-20-18/h5,7,9-10,12-13,20H,3-4,6,8,11H2,1-2H3. The molecular formula is C19H23NO. The Kier molecular flexibility index (Phi) is 4.14. The predicted molar refractivity (Wildman–Crippen MR) is 88.4 cm³/mol. The van der Waals surface area contributed by atoms with Crippen LogP contribution < -0.4 is 10.1 Å². The molecule has 110 valence electrons. The lowest BCUT2D eigenvalue weighted by molar-refractivity contribution is 0.409. The summed E-state index contributed by atoms with van der Waals surface area (Å²) in [6.07, 6.45) is 4.52. The van der Waals surface area contributed by atoms with Gasteiger partial charge in [0.25, 0.3) is 0 Å². The van der Waals surface area contributed by atoms with Crippen LogP contribution in [0, 0.1) is 6.92 Å². The van der Waals surface area contributed by atoms with Gasteiger partial charge in [-0.3, -0.25) is 0 Å². The quantitative estimate of drug-likeness (QED) is 0.909. The number of aryl methyl sites for hydroxylation is 4. The van der Waals surface area contributed by atoms with Crippen LogP contribution in [0.4, 0.5) is 5.69 Å². The third-order valence-electron chi connectivity index (χ3n) is 4.23. The van der Waals surface area contributed by atoms with Gasteiger partial charge in [-0.15, -0.1) is 0 Å². The molecule has 0 aliphatic carbocycles. The summed E-state index contributed by atoms with van der Waals surface area (Å²) >= 11 is 0. The number of ether oxygens (including phenoxy) is 1. The highest BCUT2D eigenvalue weighted by atomic mass is 16.5. The van der Waals surface area contributed by atoms with Crippen molar-refractivity contribution < 1.29 is 4.74 Å². The molecule has 1 heterocycles. The number of hydrogen-bond donors (Lipinski definition) is 1. The second-order valence-corrected chi connectivity index (χ2v) is 5.84. The molecule has 0 bridgehead atoms. The molecule has 1 aliphatic heterocycles. The van der Waals surface area contributed by atoms with Gasteiger partial charge in [0.05, 0.1) is 7.11 Å². The minimum absolute atomic E-state index is 1.00. The minimum atomic E-state index is 1.00. The van der Waals surface area contributed by atoms with E-state index in [1.807, 2.05) is 0 Å². The summed E-state index contributed by atoms with van der Waals surface area (Å²) in [5.41, 5.74) is 6.79. The van der Waals surface area contributed by atoms with Gasteiger partial charge >= 0.3 is 0 Å². The summed E-state index contributed by atoms with van der Waals surface area (Å²) in [6, 6.07) is 13.3. The molecule has 0 saturated heterocycles. The smallest absolute Gasteiger partial charge is 0.122 e. The van der Waals surface area contributed by atoms with Crippen LogP contribution in [0.3, 0.4) is 0 Å². The van der Waals surface area contributed by atoms with Crippen LogP contribution in [0.25, 0.3) is 0 Å². The maximum Gasteiger partial charge on any atom is 0.122 e. The Hall–Kier alpha value is -1.96. The van der Waals surface area contributed by atoms with Crippen LogP contribution in [0.2, 0.25) is 0 Å². The van der Waals surface area contributed by atoms with Crippen molar-refractivity contribution in [2.24, 2.45) is 0 Å². The molecule has 0 aromatic heterocycles. The third kappa shape index (κ3) is 3.21.